The maximum absolute atomic E-state index is 12.9. The van der Waals surface area contributed by atoms with E-state index in [-0.39, 0.29) is 17.9 Å². The van der Waals surface area contributed by atoms with Crippen molar-refractivity contribution >= 4 is 5.91 Å². The van der Waals surface area contributed by atoms with Crippen molar-refractivity contribution in [1.29, 1.82) is 0 Å². The number of carbonyl (C=O) groups excluding carboxylic acids is 1. The molecule has 3 rings (SSSR count). The van der Waals surface area contributed by atoms with E-state index in [0.717, 1.165) is 24.8 Å². The Morgan fingerprint density at radius 2 is 1.88 bits per heavy atom. The van der Waals surface area contributed by atoms with Crippen molar-refractivity contribution in [2.75, 3.05) is 14.2 Å². The van der Waals surface area contributed by atoms with Gasteiger partial charge in [-0.2, -0.15) is 0 Å². The van der Waals surface area contributed by atoms with E-state index >= 15 is 0 Å². The van der Waals surface area contributed by atoms with Crippen LogP contribution in [-0.2, 0) is 11.2 Å². The van der Waals surface area contributed by atoms with Gasteiger partial charge in [0.05, 0.1) is 26.2 Å². The zero-order valence-corrected chi connectivity index (χ0v) is 15.0. The monoisotopic (exact) mass is 339 g/mol. The van der Waals surface area contributed by atoms with E-state index in [1.54, 1.807) is 14.2 Å². The Morgan fingerprint density at radius 3 is 2.64 bits per heavy atom. The number of fused-ring (bicyclic) bond motifs is 1. The van der Waals surface area contributed by atoms with Crippen LogP contribution in [0.1, 0.15) is 48.4 Å². The predicted octanol–water partition coefficient (Wildman–Crippen LogP) is 4.00. The molecule has 0 saturated heterocycles. The molecule has 0 radical (unpaired) electrons. The Balaban J connectivity index is 1.75. The lowest BCUT2D eigenvalue weighted by atomic mass is 9.82. The van der Waals surface area contributed by atoms with Crippen LogP contribution < -0.4 is 14.8 Å². The van der Waals surface area contributed by atoms with Gasteiger partial charge in [0.25, 0.3) is 0 Å². The van der Waals surface area contributed by atoms with Gasteiger partial charge < -0.3 is 14.8 Å². The number of amides is 1. The highest BCUT2D eigenvalue weighted by atomic mass is 16.5. The number of carbonyl (C=O) groups is 1. The molecule has 1 aliphatic rings. The Morgan fingerprint density at radius 1 is 1.12 bits per heavy atom. The topological polar surface area (TPSA) is 47.6 Å². The van der Waals surface area contributed by atoms with Crippen molar-refractivity contribution in [3.63, 3.8) is 0 Å². The summed E-state index contributed by atoms with van der Waals surface area (Å²) in [6.45, 7) is 1.99. The van der Waals surface area contributed by atoms with Crippen molar-refractivity contribution in [2.45, 2.75) is 38.1 Å². The summed E-state index contributed by atoms with van der Waals surface area (Å²) in [6.07, 6.45) is 3.02. The Hall–Kier alpha value is -2.49. The van der Waals surface area contributed by atoms with Crippen LogP contribution in [0, 0.1) is 0 Å². The minimum Gasteiger partial charge on any atom is -0.493 e. The Labute approximate surface area is 149 Å². The second-order valence-corrected chi connectivity index (χ2v) is 6.49. The molecule has 25 heavy (non-hydrogen) atoms. The maximum Gasteiger partial charge on any atom is 0.228 e. The van der Waals surface area contributed by atoms with Gasteiger partial charge >= 0.3 is 0 Å². The molecule has 0 fully saturated rings. The summed E-state index contributed by atoms with van der Waals surface area (Å²) in [7, 11) is 3.23. The van der Waals surface area contributed by atoms with Gasteiger partial charge in [0, 0.05) is 0 Å². The van der Waals surface area contributed by atoms with Crippen LogP contribution in [0.2, 0.25) is 0 Å². The molecule has 1 aliphatic carbocycles. The van der Waals surface area contributed by atoms with E-state index < -0.39 is 0 Å². The van der Waals surface area contributed by atoms with E-state index in [9.17, 15) is 4.79 Å². The fraction of sp³-hybridized carbons (Fsp3) is 0.381. The molecule has 4 nitrogen and oxygen atoms in total. The summed E-state index contributed by atoms with van der Waals surface area (Å²) in [6, 6.07) is 13.9. The van der Waals surface area contributed by atoms with Gasteiger partial charge in [0.2, 0.25) is 5.91 Å². The highest BCUT2D eigenvalue weighted by Gasteiger charge is 2.27. The van der Waals surface area contributed by atoms with Gasteiger partial charge in [-0.1, -0.05) is 30.3 Å². The molecule has 0 bridgehead atoms. The number of hydrogen-bond donors (Lipinski definition) is 1. The van der Waals surface area contributed by atoms with Crippen molar-refractivity contribution in [3.05, 3.63) is 59.2 Å². The normalized spacial score (nSPS) is 17.3. The Bertz CT molecular complexity index is 757. The number of rotatable bonds is 5. The number of aryl methyl sites for hydroxylation is 1. The van der Waals surface area contributed by atoms with Gasteiger partial charge in [-0.05, 0) is 55.0 Å². The molecule has 2 unspecified atom stereocenters. The largest absolute Gasteiger partial charge is 0.493 e. The van der Waals surface area contributed by atoms with E-state index in [2.05, 4.69) is 17.4 Å². The first-order chi connectivity index (χ1) is 12.1. The van der Waals surface area contributed by atoms with Gasteiger partial charge in [0.15, 0.2) is 11.5 Å². The van der Waals surface area contributed by atoms with Gasteiger partial charge in [-0.25, -0.2) is 0 Å². The molecule has 1 N–H and O–H groups in total. The first-order valence-corrected chi connectivity index (χ1v) is 8.74. The molecule has 1 amide bonds. The molecule has 0 aromatic heterocycles. The van der Waals surface area contributed by atoms with Crippen LogP contribution in [0.3, 0.4) is 0 Å². The summed E-state index contributed by atoms with van der Waals surface area (Å²) in [5.41, 5.74) is 3.47. The standard InChI is InChI=1S/C21H25NO3/c1-14(16-11-12-19(24-2)20(13-16)25-3)22-21(23)18-10-6-8-15-7-4-5-9-17(15)18/h4-5,7,9,11-14,18H,6,8,10H2,1-3H3,(H,22,23). The van der Waals surface area contributed by atoms with E-state index in [1.807, 2.05) is 37.3 Å². The lowest BCUT2D eigenvalue weighted by molar-refractivity contribution is -0.123. The number of methoxy groups -OCH3 is 2. The average molecular weight is 339 g/mol. The SMILES string of the molecule is COc1ccc(C(C)NC(=O)C2CCCc3ccccc32)cc1OC. The predicted molar refractivity (Wildman–Crippen MR) is 98.2 cm³/mol. The van der Waals surface area contributed by atoms with Crippen molar-refractivity contribution in [3.8, 4) is 11.5 Å². The third-order valence-electron chi connectivity index (χ3n) is 4.95. The van der Waals surface area contributed by atoms with Crippen molar-refractivity contribution in [2.24, 2.45) is 0 Å². The second-order valence-electron chi connectivity index (χ2n) is 6.49. The zero-order chi connectivity index (χ0) is 17.8. The van der Waals surface area contributed by atoms with Gasteiger partial charge in [0.1, 0.15) is 0 Å². The van der Waals surface area contributed by atoms with Gasteiger partial charge in [-0.3, -0.25) is 4.79 Å². The van der Waals surface area contributed by atoms with Crippen LogP contribution in [0.5, 0.6) is 11.5 Å². The maximum atomic E-state index is 12.9. The van der Waals surface area contributed by atoms with Crippen LogP contribution >= 0.6 is 0 Å². The smallest absolute Gasteiger partial charge is 0.228 e. The molecular weight excluding hydrogens is 314 g/mol. The summed E-state index contributed by atoms with van der Waals surface area (Å²) in [4.78, 5) is 12.9. The molecule has 0 aliphatic heterocycles. The quantitative estimate of drug-likeness (QED) is 0.895. The number of nitrogens with one attached hydrogen (secondary N) is 1. The molecule has 2 atom stereocenters. The molecule has 0 heterocycles. The molecule has 132 valence electrons. The van der Waals surface area contributed by atoms with Crippen LogP contribution in [-0.4, -0.2) is 20.1 Å². The molecule has 4 heteroatoms. The number of benzene rings is 2. The molecule has 0 saturated carbocycles. The van der Waals surface area contributed by atoms with E-state index in [1.165, 1.54) is 11.1 Å². The van der Waals surface area contributed by atoms with Crippen LogP contribution in [0.25, 0.3) is 0 Å². The fourth-order valence-corrected chi connectivity index (χ4v) is 3.55. The highest BCUT2D eigenvalue weighted by Crippen LogP contribution is 2.33. The summed E-state index contributed by atoms with van der Waals surface area (Å²) in [5, 5.41) is 3.16. The highest BCUT2D eigenvalue weighted by molar-refractivity contribution is 5.84. The summed E-state index contributed by atoms with van der Waals surface area (Å²) >= 11 is 0. The summed E-state index contributed by atoms with van der Waals surface area (Å²) in [5.74, 6) is 1.39. The summed E-state index contributed by atoms with van der Waals surface area (Å²) < 4.78 is 10.6. The average Bonchev–Trinajstić information content (AvgIpc) is 2.66. The van der Waals surface area contributed by atoms with E-state index in [0.29, 0.717) is 11.5 Å². The molecule has 2 aromatic rings. The minimum absolute atomic E-state index is 0.0625. The first-order valence-electron chi connectivity index (χ1n) is 8.74. The van der Waals surface area contributed by atoms with Crippen LogP contribution in [0.15, 0.2) is 42.5 Å². The zero-order valence-electron chi connectivity index (χ0n) is 15.0. The van der Waals surface area contributed by atoms with Crippen LogP contribution in [0.4, 0.5) is 0 Å². The number of ether oxygens (including phenoxy) is 2. The minimum atomic E-state index is -0.0959. The Kier molecular flexibility index (Phi) is 5.27. The third kappa shape index (κ3) is 3.63. The second kappa shape index (κ2) is 7.60. The fourth-order valence-electron chi connectivity index (χ4n) is 3.55. The first kappa shape index (κ1) is 17.3. The lowest BCUT2D eigenvalue weighted by Gasteiger charge is -2.26. The van der Waals surface area contributed by atoms with Gasteiger partial charge in [-0.15, -0.1) is 0 Å². The molecule has 0 spiro atoms. The number of hydrogen-bond acceptors (Lipinski definition) is 3. The third-order valence-corrected chi connectivity index (χ3v) is 4.95. The van der Waals surface area contributed by atoms with E-state index in [4.69, 9.17) is 9.47 Å². The lowest BCUT2D eigenvalue weighted by Crippen LogP contribution is -2.33. The molecule has 2 aromatic carbocycles. The van der Waals surface area contributed by atoms with Crippen molar-refractivity contribution < 1.29 is 14.3 Å². The van der Waals surface area contributed by atoms with Crippen molar-refractivity contribution in [1.82, 2.24) is 5.32 Å². The molecular formula is C21H25NO3.